The van der Waals surface area contributed by atoms with Gasteiger partial charge in [0, 0.05) is 44.9 Å². The topological polar surface area (TPSA) is 6.48 Å². The van der Waals surface area contributed by atoms with Gasteiger partial charge in [-0.1, -0.05) is 147 Å². The maximum atomic E-state index is 2.60. The van der Waals surface area contributed by atoms with Gasteiger partial charge in [-0.05, 0) is 69.1 Å². The Bertz CT molecular complexity index is 2400. The van der Waals surface area contributed by atoms with Gasteiger partial charge in [-0.15, -0.1) is 0 Å². The number of anilines is 5. The van der Waals surface area contributed by atoms with E-state index >= 15 is 0 Å². The van der Waals surface area contributed by atoms with Crippen LogP contribution in [0.3, 0.4) is 0 Å². The van der Waals surface area contributed by atoms with Crippen LogP contribution < -0.4 is 20.6 Å². The van der Waals surface area contributed by atoms with Gasteiger partial charge >= 0.3 is 6.85 Å². The highest BCUT2D eigenvalue weighted by atomic mass is 15.2. The van der Waals surface area contributed by atoms with Crippen molar-refractivity contribution in [2.24, 2.45) is 0 Å². The Hall–Kier alpha value is -5.80. The molecule has 3 aliphatic rings. The summed E-state index contributed by atoms with van der Waals surface area (Å²) in [5.41, 5.74) is 19.1. The minimum absolute atomic E-state index is 0.0154. The van der Waals surface area contributed by atoms with Crippen LogP contribution in [-0.2, 0) is 5.41 Å². The first-order valence-electron chi connectivity index (χ1n) is 16.9. The minimum Gasteiger partial charge on any atom is -0.376 e. The van der Waals surface area contributed by atoms with Crippen molar-refractivity contribution in [1.29, 1.82) is 0 Å². The van der Waals surface area contributed by atoms with E-state index in [0.29, 0.717) is 0 Å². The van der Waals surface area contributed by atoms with Crippen LogP contribution in [0.15, 0.2) is 164 Å². The lowest BCUT2D eigenvalue weighted by molar-refractivity contribution is 0.660. The van der Waals surface area contributed by atoms with E-state index in [4.69, 9.17) is 0 Å². The molecule has 226 valence electrons. The van der Waals surface area contributed by atoms with E-state index in [1.165, 1.54) is 83.9 Å². The minimum atomic E-state index is -0.118. The molecule has 0 aromatic heterocycles. The standard InChI is InChI=1S/C45H33BN2/c1-45(2)36-23-11-9-21-35(36)42-37(45)29-28-32(30-16-5-3-6-17-30)44(42)47-40-26-14-12-24-38(40)46-43-34(22-15-27-41(43)47)33-20-10-13-25-39(33)48(46)31-18-7-4-8-19-31/h3-29H,1-2H3. The van der Waals surface area contributed by atoms with E-state index in [1.807, 2.05) is 0 Å². The second-order valence-corrected chi connectivity index (χ2v) is 13.7. The number of benzene rings is 7. The summed E-state index contributed by atoms with van der Waals surface area (Å²) >= 11 is 0. The predicted molar refractivity (Wildman–Crippen MR) is 203 cm³/mol. The van der Waals surface area contributed by atoms with Gasteiger partial charge in [-0.25, -0.2) is 0 Å². The van der Waals surface area contributed by atoms with Crippen LogP contribution in [0, 0.1) is 0 Å². The summed E-state index contributed by atoms with van der Waals surface area (Å²) in [4.78, 5) is 5.16. The molecule has 7 aromatic rings. The van der Waals surface area contributed by atoms with Crippen molar-refractivity contribution in [1.82, 2.24) is 0 Å². The molecule has 2 heterocycles. The van der Waals surface area contributed by atoms with E-state index in [-0.39, 0.29) is 12.3 Å². The molecule has 2 aliphatic heterocycles. The number of hydrogen-bond acceptors (Lipinski definition) is 2. The van der Waals surface area contributed by atoms with E-state index < -0.39 is 0 Å². The average Bonchev–Trinajstić information content (AvgIpc) is 3.38. The Labute approximate surface area is 282 Å². The first-order chi connectivity index (χ1) is 23.6. The molecule has 10 rings (SSSR count). The highest BCUT2D eigenvalue weighted by Gasteiger charge is 2.46. The molecule has 3 heteroatoms. The fourth-order valence-electron chi connectivity index (χ4n) is 8.77. The second kappa shape index (κ2) is 10.1. The summed E-state index contributed by atoms with van der Waals surface area (Å²) < 4.78 is 0. The quantitative estimate of drug-likeness (QED) is 0.183. The maximum absolute atomic E-state index is 2.60. The third-order valence-electron chi connectivity index (χ3n) is 10.8. The summed E-state index contributed by atoms with van der Waals surface area (Å²) in [6.45, 7) is 4.77. The van der Waals surface area contributed by atoms with E-state index in [2.05, 4.69) is 187 Å². The lowest BCUT2D eigenvalue weighted by Gasteiger charge is -2.46. The number of nitrogens with zero attached hydrogens (tertiary/aromatic N) is 2. The first kappa shape index (κ1) is 27.3. The molecule has 0 spiro atoms. The number of rotatable bonds is 3. The van der Waals surface area contributed by atoms with Crippen molar-refractivity contribution < 1.29 is 0 Å². The SMILES string of the molecule is CC1(C)c2ccccc2-c2c1ccc(-c1ccccc1)c2N1c2ccccc2B2c3c(cccc31)-c1ccccc1N2c1ccccc1. The lowest BCUT2D eigenvalue weighted by Crippen LogP contribution is -2.61. The normalized spacial score (nSPS) is 14.5. The van der Waals surface area contributed by atoms with Gasteiger partial charge in [0.2, 0.25) is 0 Å². The highest BCUT2D eigenvalue weighted by molar-refractivity contribution is 6.93. The molecule has 0 unspecified atom stereocenters. The average molecular weight is 613 g/mol. The molecular weight excluding hydrogens is 579 g/mol. The molecule has 7 aromatic carbocycles. The van der Waals surface area contributed by atoms with E-state index in [9.17, 15) is 0 Å². The van der Waals surface area contributed by atoms with Gasteiger partial charge in [0.1, 0.15) is 0 Å². The number of fused-ring (bicyclic) bond motifs is 7. The molecule has 0 fully saturated rings. The molecule has 0 bridgehead atoms. The predicted octanol–water partition coefficient (Wildman–Crippen LogP) is 10.4. The summed E-state index contributed by atoms with van der Waals surface area (Å²) in [6.07, 6.45) is 0. The van der Waals surface area contributed by atoms with Crippen LogP contribution in [-0.4, -0.2) is 6.85 Å². The Balaban J connectivity index is 1.35. The van der Waals surface area contributed by atoms with Crippen LogP contribution in [0.1, 0.15) is 25.0 Å². The molecule has 0 saturated carbocycles. The Morgan fingerprint density at radius 2 is 1.08 bits per heavy atom. The fourth-order valence-corrected chi connectivity index (χ4v) is 8.77. The van der Waals surface area contributed by atoms with Gasteiger partial charge in [0.05, 0.1) is 5.69 Å². The van der Waals surface area contributed by atoms with Crippen molar-refractivity contribution in [2.45, 2.75) is 19.3 Å². The second-order valence-electron chi connectivity index (χ2n) is 13.7. The summed E-state index contributed by atoms with van der Waals surface area (Å²) in [6, 6.07) is 60.5. The Morgan fingerprint density at radius 3 is 1.90 bits per heavy atom. The smallest absolute Gasteiger partial charge is 0.333 e. The van der Waals surface area contributed by atoms with Crippen molar-refractivity contribution >= 4 is 46.2 Å². The molecule has 0 N–H and O–H groups in total. The molecule has 2 nitrogen and oxygen atoms in total. The van der Waals surface area contributed by atoms with Gasteiger partial charge in [0.15, 0.2) is 0 Å². The van der Waals surface area contributed by atoms with Gasteiger partial charge in [-0.3, -0.25) is 0 Å². The fraction of sp³-hybridized carbons (Fsp3) is 0.0667. The van der Waals surface area contributed by atoms with Crippen molar-refractivity contribution in [3.05, 3.63) is 175 Å². The van der Waals surface area contributed by atoms with Crippen molar-refractivity contribution in [3.63, 3.8) is 0 Å². The zero-order valence-corrected chi connectivity index (χ0v) is 27.1. The number of para-hydroxylation sites is 3. The summed E-state index contributed by atoms with van der Waals surface area (Å²) in [7, 11) is 0. The molecule has 0 saturated heterocycles. The van der Waals surface area contributed by atoms with Gasteiger partial charge in [-0.2, -0.15) is 0 Å². The van der Waals surface area contributed by atoms with Crippen LogP contribution in [0.25, 0.3) is 33.4 Å². The number of hydrogen-bond donors (Lipinski definition) is 0. The van der Waals surface area contributed by atoms with Gasteiger partial charge in [0.25, 0.3) is 0 Å². The maximum Gasteiger partial charge on any atom is 0.333 e. The molecule has 0 atom stereocenters. The summed E-state index contributed by atoms with van der Waals surface area (Å²) in [5.74, 6) is 0. The molecule has 0 amide bonds. The Kier molecular flexibility index (Phi) is 5.75. The first-order valence-corrected chi connectivity index (χ1v) is 16.9. The third kappa shape index (κ3) is 3.65. The monoisotopic (exact) mass is 612 g/mol. The van der Waals surface area contributed by atoms with Crippen molar-refractivity contribution in [2.75, 3.05) is 9.71 Å². The molecular formula is C45H33BN2. The molecule has 48 heavy (non-hydrogen) atoms. The largest absolute Gasteiger partial charge is 0.376 e. The highest BCUT2D eigenvalue weighted by Crippen LogP contribution is 2.57. The summed E-state index contributed by atoms with van der Waals surface area (Å²) in [5, 5.41) is 0. The van der Waals surface area contributed by atoms with Crippen molar-refractivity contribution in [3.8, 4) is 33.4 Å². The Morgan fingerprint density at radius 1 is 0.458 bits per heavy atom. The van der Waals surface area contributed by atoms with Crippen LogP contribution >= 0.6 is 0 Å². The van der Waals surface area contributed by atoms with E-state index in [0.717, 1.165) is 0 Å². The molecule has 0 radical (unpaired) electrons. The zero-order valence-electron chi connectivity index (χ0n) is 27.1. The molecule has 1 aliphatic carbocycles. The van der Waals surface area contributed by atoms with E-state index in [1.54, 1.807) is 0 Å². The zero-order chi connectivity index (χ0) is 32.0. The van der Waals surface area contributed by atoms with Crippen LogP contribution in [0.5, 0.6) is 0 Å². The van der Waals surface area contributed by atoms with Crippen LogP contribution in [0.4, 0.5) is 28.4 Å². The van der Waals surface area contributed by atoms with Crippen LogP contribution in [0.2, 0.25) is 0 Å². The van der Waals surface area contributed by atoms with Gasteiger partial charge < -0.3 is 9.71 Å². The third-order valence-corrected chi connectivity index (χ3v) is 10.8. The lowest BCUT2D eigenvalue weighted by atomic mass is 9.43.